The smallest absolute Gasteiger partial charge is 0.242 e. The van der Waals surface area contributed by atoms with Crippen LogP contribution in [0, 0.1) is 6.92 Å². The molecule has 0 aliphatic heterocycles. The first-order valence-corrected chi connectivity index (χ1v) is 10.7. The highest BCUT2D eigenvalue weighted by molar-refractivity contribution is 6.35. The van der Waals surface area contributed by atoms with Gasteiger partial charge in [-0.1, -0.05) is 66.0 Å². The maximum Gasteiger partial charge on any atom is 0.242 e. The lowest BCUT2D eigenvalue weighted by molar-refractivity contribution is -0.141. The van der Waals surface area contributed by atoms with Crippen LogP contribution in [0.3, 0.4) is 0 Å². The molecule has 6 heteroatoms. The maximum atomic E-state index is 13.2. The van der Waals surface area contributed by atoms with Crippen LogP contribution in [0.4, 0.5) is 0 Å². The zero-order chi connectivity index (χ0) is 21.4. The number of halogens is 2. The molecule has 2 aromatic rings. The van der Waals surface area contributed by atoms with Crippen LogP contribution in [0.2, 0.25) is 10.0 Å². The molecule has 0 unspecified atom stereocenters. The van der Waals surface area contributed by atoms with Crippen LogP contribution in [-0.4, -0.2) is 29.3 Å². The summed E-state index contributed by atoms with van der Waals surface area (Å²) in [6.45, 7) is 6.58. The third kappa shape index (κ3) is 6.76. The number of benzene rings is 2. The fourth-order valence-corrected chi connectivity index (χ4v) is 3.66. The SMILES string of the molecule is CCNC(=O)[C@@H](CC)N(Cc1ccc(Cl)cc1Cl)C(=O)CCc1ccc(C)cc1. The Kier molecular flexibility index (Phi) is 8.99. The molecule has 29 heavy (non-hydrogen) atoms. The van der Waals surface area contributed by atoms with E-state index < -0.39 is 6.04 Å². The van der Waals surface area contributed by atoms with E-state index in [1.54, 1.807) is 23.1 Å². The first-order chi connectivity index (χ1) is 13.8. The van der Waals surface area contributed by atoms with Gasteiger partial charge in [0.15, 0.2) is 0 Å². The van der Waals surface area contributed by atoms with E-state index in [0.717, 1.165) is 11.1 Å². The van der Waals surface area contributed by atoms with Gasteiger partial charge in [-0.25, -0.2) is 0 Å². The highest BCUT2D eigenvalue weighted by Gasteiger charge is 2.28. The van der Waals surface area contributed by atoms with Crippen molar-refractivity contribution in [3.63, 3.8) is 0 Å². The first-order valence-electron chi connectivity index (χ1n) is 9.92. The van der Waals surface area contributed by atoms with Crippen molar-refractivity contribution in [1.82, 2.24) is 10.2 Å². The molecule has 0 fully saturated rings. The molecule has 0 spiro atoms. The van der Waals surface area contributed by atoms with Gasteiger partial charge in [0.05, 0.1) is 0 Å². The Hall–Kier alpha value is -2.04. The molecule has 0 aliphatic rings. The third-order valence-electron chi connectivity index (χ3n) is 4.84. The standard InChI is InChI=1S/C23H28Cl2N2O2/c1-4-21(23(29)26-5-2)27(15-18-11-12-19(24)14-20(18)25)22(28)13-10-17-8-6-16(3)7-9-17/h6-9,11-12,14,21H,4-5,10,13,15H2,1-3H3,(H,26,29)/t21-/m1/s1. The van der Waals surface area contributed by atoms with Gasteiger partial charge in [-0.05, 0) is 49.9 Å². The fraction of sp³-hybridized carbons (Fsp3) is 0.391. The topological polar surface area (TPSA) is 49.4 Å². The maximum absolute atomic E-state index is 13.2. The number of carbonyl (C=O) groups excluding carboxylic acids is 2. The summed E-state index contributed by atoms with van der Waals surface area (Å²) in [5.41, 5.74) is 3.04. The molecule has 0 bridgehead atoms. The van der Waals surface area contributed by atoms with Gasteiger partial charge in [-0.15, -0.1) is 0 Å². The van der Waals surface area contributed by atoms with Crippen LogP contribution in [0.1, 0.15) is 43.4 Å². The molecule has 4 nitrogen and oxygen atoms in total. The van der Waals surface area contributed by atoms with Gasteiger partial charge in [0.25, 0.3) is 0 Å². The van der Waals surface area contributed by atoms with Crippen molar-refractivity contribution in [3.8, 4) is 0 Å². The molecule has 0 saturated carbocycles. The fourth-order valence-electron chi connectivity index (χ4n) is 3.19. The van der Waals surface area contributed by atoms with Crippen molar-refractivity contribution in [3.05, 3.63) is 69.2 Å². The average molecular weight is 435 g/mol. The Morgan fingerprint density at radius 1 is 1.07 bits per heavy atom. The van der Waals surface area contributed by atoms with E-state index >= 15 is 0 Å². The highest BCUT2D eigenvalue weighted by atomic mass is 35.5. The quantitative estimate of drug-likeness (QED) is 0.590. The summed E-state index contributed by atoms with van der Waals surface area (Å²) in [4.78, 5) is 27.4. The molecule has 0 radical (unpaired) electrons. The molecule has 0 heterocycles. The third-order valence-corrected chi connectivity index (χ3v) is 5.43. The van der Waals surface area contributed by atoms with Gasteiger partial charge < -0.3 is 10.2 Å². The largest absolute Gasteiger partial charge is 0.355 e. The minimum atomic E-state index is -0.549. The molecule has 0 aliphatic carbocycles. The first kappa shape index (κ1) is 23.2. The molecule has 2 rings (SSSR count). The Balaban J connectivity index is 2.22. The average Bonchev–Trinajstić information content (AvgIpc) is 2.69. The number of nitrogens with zero attached hydrogens (tertiary/aromatic N) is 1. The van der Waals surface area contributed by atoms with Crippen molar-refractivity contribution in [2.24, 2.45) is 0 Å². The van der Waals surface area contributed by atoms with Gasteiger partial charge in [0, 0.05) is 29.6 Å². The van der Waals surface area contributed by atoms with Crippen LogP contribution in [-0.2, 0) is 22.6 Å². The molecule has 1 atom stereocenters. The predicted octanol–water partition coefficient (Wildman–Crippen LogP) is 5.18. The van der Waals surface area contributed by atoms with Crippen LogP contribution >= 0.6 is 23.2 Å². The minimum Gasteiger partial charge on any atom is -0.355 e. The number of rotatable bonds is 9. The van der Waals surface area contributed by atoms with E-state index in [-0.39, 0.29) is 18.4 Å². The van der Waals surface area contributed by atoms with Crippen molar-refractivity contribution in [2.45, 2.75) is 52.6 Å². The lowest BCUT2D eigenvalue weighted by Gasteiger charge is -2.31. The van der Waals surface area contributed by atoms with Gasteiger partial charge in [-0.2, -0.15) is 0 Å². The summed E-state index contributed by atoms with van der Waals surface area (Å²) in [5.74, 6) is -0.224. The monoisotopic (exact) mass is 434 g/mol. The molecular weight excluding hydrogens is 407 g/mol. The highest BCUT2D eigenvalue weighted by Crippen LogP contribution is 2.24. The molecule has 1 N–H and O–H groups in total. The normalized spacial score (nSPS) is 11.8. The van der Waals surface area contributed by atoms with Crippen LogP contribution in [0.25, 0.3) is 0 Å². The number of aryl methyl sites for hydroxylation is 2. The van der Waals surface area contributed by atoms with E-state index in [0.29, 0.717) is 35.9 Å². The number of hydrogen-bond donors (Lipinski definition) is 1. The second-order valence-electron chi connectivity index (χ2n) is 7.06. The van der Waals surface area contributed by atoms with Crippen molar-refractivity contribution in [1.29, 1.82) is 0 Å². The Labute approximate surface area is 183 Å². The van der Waals surface area contributed by atoms with Crippen molar-refractivity contribution in [2.75, 3.05) is 6.54 Å². The van der Waals surface area contributed by atoms with E-state index in [9.17, 15) is 9.59 Å². The zero-order valence-electron chi connectivity index (χ0n) is 17.2. The summed E-state index contributed by atoms with van der Waals surface area (Å²) in [6.07, 6.45) is 1.47. The van der Waals surface area contributed by atoms with Gasteiger partial charge >= 0.3 is 0 Å². The Morgan fingerprint density at radius 2 is 1.76 bits per heavy atom. The van der Waals surface area contributed by atoms with Crippen LogP contribution < -0.4 is 5.32 Å². The second-order valence-corrected chi connectivity index (χ2v) is 7.91. The Morgan fingerprint density at radius 3 is 2.34 bits per heavy atom. The lowest BCUT2D eigenvalue weighted by atomic mass is 10.0. The number of likely N-dealkylation sites (N-methyl/N-ethyl adjacent to an activating group) is 1. The molecule has 0 aromatic heterocycles. The van der Waals surface area contributed by atoms with E-state index in [1.807, 2.05) is 45.0 Å². The summed E-state index contributed by atoms with van der Waals surface area (Å²) in [5, 5.41) is 3.85. The summed E-state index contributed by atoms with van der Waals surface area (Å²) >= 11 is 12.3. The van der Waals surface area contributed by atoms with Gasteiger partial charge in [0.2, 0.25) is 11.8 Å². The van der Waals surface area contributed by atoms with Crippen LogP contribution in [0.15, 0.2) is 42.5 Å². The van der Waals surface area contributed by atoms with E-state index in [2.05, 4.69) is 5.32 Å². The zero-order valence-corrected chi connectivity index (χ0v) is 18.7. The second kappa shape index (κ2) is 11.2. The Bertz CT molecular complexity index is 837. The number of carbonyl (C=O) groups is 2. The van der Waals surface area contributed by atoms with Crippen molar-refractivity contribution >= 4 is 35.0 Å². The van der Waals surface area contributed by atoms with E-state index in [1.165, 1.54) is 5.56 Å². The van der Waals surface area contributed by atoms with Gasteiger partial charge in [-0.3, -0.25) is 9.59 Å². The predicted molar refractivity (Wildman–Crippen MR) is 119 cm³/mol. The summed E-state index contributed by atoms with van der Waals surface area (Å²) < 4.78 is 0. The van der Waals surface area contributed by atoms with E-state index in [4.69, 9.17) is 23.2 Å². The molecule has 156 valence electrons. The van der Waals surface area contributed by atoms with Gasteiger partial charge in [0.1, 0.15) is 6.04 Å². The molecule has 0 saturated heterocycles. The van der Waals surface area contributed by atoms with Crippen molar-refractivity contribution < 1.29 is 9.59 Å². The van der Waals surface area contributed by atoms with Crippen LogP contribution in [0.5, 0.6) is 0 Å². The molecular formula is C23H28Cl2N2O2. The lowest BCUT2D eigenvalue weighted by Crippen LogP contribution is -2.49. The minimum absolute atomic E-state index is 0.0744. The number of amides is 2. The number of hydrogen-bond acceptors (Lipinski definition) is 2. The molecule has 2 aromatic carbocycles. The number of nitrogens with one attached hydrogen (secondary N) is 1. The summed E-state index contributed by atoms with van der Waals surface area (Å²) in [6, 6.07) is 12.8. The molecule has 2 amide bonds. The summed E-state index contributed by atoms with van der Waals surface area (Å²) in [7, 11) is 0.